The summed E-state index contributed by atoms with van der Waals surface area (Å²) in [4.78, 5) is 23.6. The van der Waals surface area contributed by atoms with Gasteiger partial charge in [-0.1, -0.05) is 29.4 Å². The lowest BCUT2D eigenvalue weighted by Crippen LogP contribution is -2.25. The topological polar surface area (TPSA) is 41.9 Å². The minimum Gasteiger partial charge on any atom is -0.274 e. The minimum absolute atomic E-state index is 0.217. The zero-order chi connectivity index (χ0) is 15.7. The average Bonchev–Trinajstić information content (AvgIpc) is 2.72. The van der Waals surface area contributed by atoms with Crippen molar-refractivity contribution in [2.75, 3.05) is 14.2 Å². The van der Waals surface area contributed by atoms with Crippen LogP contribution in [0.2, 0.25) is 5.02 Å². The second-order valence-corrected chi connectivity index (χ2v) is 6.17. The molecule has 0 saturated heterocycles. The van der Waals surface area contributed by atoms with Crippen molar-refractivity contribution in [3.8, 4) is 0 Å². The molecular weight excluding hydrogens is 320 g/mol. The number of amides is 1. The smallest absolute Gasteiger partial charge is 0.274 e. The number of hydroxylamine groups is 2. The van der Waals surface area contributed by atoms with Crippen molar-refractivity contribution in [3.05, 3.63) is 52.5 Å². The SMILES string of the molecule is CON(C)C(=O)c1ccc2c(c1)N=Cc1c(Cl)cccc1S2. The van der Waals surface area contributed by atoms with Gasteiger partial charge in [0.1, 0.15) is 0 Å². The van der Waals surface area contributed by atoms with Gasteiger partial charge < -0.3 is 0 Å². The van der Waals surface area contributed by atoms with Gasteiger partial charge in [0, 0.05) is 34.2 Å². The van der Waals surface area contributed by atoms with E-state index in [4.69, 9.17) is 16.4 Å². The lowest BCUT2D eigenvalue weighted by molar-refractivity contribution is -0.0756. The monoisotopic (exact) mass is 332 g/mol. The summed E-state index contributed by atoms with van der Waals surface area (Å²) in [5, 5.41) is 1.85. The van der Waals surface area contributed by atoms with Crippen LogP contribution in [0.5, 0.6) is 0 Å². The van der Waals surface area contributed by atoms with E-state index in [1.165, 1.54) is 12.2 Å². The van der Waals surface area contributed by atoms with E-state index in [2.05, 4.69) is 4.99 Å². The molecule has 0 aliphatic carbocycles. The van der Waals surface area contributed by atoms with Crippen LogP contribution in [0, 0.1) is 0 Å². The molecule has 1 heterocycles. The van der Waals surface area contributed by atoms with Gasteiger partial charge in [-0.2, -0.15) is 0 Å². The standard InChI is InChI=1S/C16H13ClN2O2S/c1-19(21-2)16(20)10-6-7-15-13(8-10)18-9-11-12(17)4-3-5-14(11)22-15/h3-9H,1-2H3. The van der Waals surface area contributed by atoms with Gasteiger partial charge in [0.2, 0.25) is 0 Å². The first-order valence-corrected chi connectivity index (χ1v) is 7.76. The zero-order valence-electron chi connectivity index (χ0n) is 12.0. The number of carbonyl (C=O) groups is 1. The van der Waals surface area contributed by atoms with Gasteiger partial charge in [0.25, 0.3) is 5.91 Å². The molecule has 22 heavy (non-hydrogen) atoms. The van der Waals surface area contributed by atoms with Gasteiger partial charge in [-0.05, 0) is 30.3 Å². The molecular formula is C16H13ClN2O2S. The molecule has 2 aromatic carbocycles. The number of hydrogen-bond donors (Lipinski definition) is 0. The van der Waals surface area contributed by atoms with Crippen molar-refractivity contribution in [1.82, 2.24) is 5.06 Å². The van der Waals surface area contributed by atoms with Crippen molar-refractivity contribution >= 4 is 41.2 Å². The molecule has 0 unspecified atom stereocenters. The van der Waals surface area contributed by atoms with Crippen molar-refractivity contribution < 1.29 is 9.63 Å². The molecule has 0 spiro atoms. The maximum absolute atomic E-state index is 12.1. The van der Waals surface area contributed by atoms with Crippen LogP contribution in [-0.2, 0) is 4.84 Å². The fraction of sp³-hybridized carbons (Fsp3) is 0.125. The Morgan fingerprint density at radius 2 is 2.09 bits per heavy atom. The highest BCUT2D eigenvalue weighted by molar-refractivity contribution is 7.99. The van der Waals surface area contributed by atoms with Crippen LogP contribution in [-0.4, -0.2) is 31.3 Å². The second-order valence-electron chi connectivity index (χ2n) is 4.68. The summed E-state index contributed by atoms with van der Waals surface area (Å²) in [7, 11) is 3.02. The fourth-order valence-corrected chi connectivity index (χ4v) is 3.37. The molecule has 1 aliphatic heterocycles. The van der Waals surface area contributed by atoms with Crippen LogP contribution in [0.25, 0.3) is 0 Å². The largest absolute Gasteiger partial charge is 0.277 e. The maximum atomic E-state index is 12.1. The van der Waals surface area contributed by atoms with E-state index in [-0.39, 0.29) is 5.91 Å². The quantitative estimate of drug-likeness (QED) is 0.661. The first-order chi connectivity index (χ1) is 10.6. The number of halogens is 1. The molecule has 0 aromatic heterocycles. The molecule has 0 atom stereocenters. The molecule has 0 fully saturated rings. The number of benzene rings is 2. The minimum atomic E-state index is -0.217. The zero-order valence-corrected chi connectivity index (χ0v) is 13.6. The molecule has 6 heteroatoms. The van der Waals surface area contributed by atoms with E-state index >= 15 is 0 Å². The molecule has 1 aliphatic rings. The number of aliphatic imine (C=N–C) groups is 1. The van der Waals surface area contributed by atoms with E-state index in [0.717, 1.165) is 21.0 Å². The summed E-state index contributed by atoms with van der Waals surface area (Å²) in [6, 6.07) is 11.2. The summed E-state index contributed by atoms with van der Waals surface area (Å²) in [6.07, 6.45) is 1.74. The van der Waals surface area contributed by atoms with Gasteiger partial charge in [-0.3, -0.25) is 14.6 Å². The lowest BCUT2D eigenvalue weighted by Gasteiger charge is -2.14. The van der Waals surface area contributed by atoms with Gasteiger partial charge in [-0.15, -0.1) is 0 Å². The molecule has 1 amide bonds. The number of fused-ring (bicyclic) bond motifs is 2. The Labute approximate surface area is 137 Å². The number of nitrogens with zero attached hydrogens (tertiary/aromatic N) is 2. The molecule has 112 valence electrons. The van der Waals surface area contributed by atoms with E-state index in [1.807, 2.05) is 24.3 Å². The second kappa shape index (κ2) is 6.12. The molecule has 3 rings (SSSR count). The van der Waals surface area contributed by atoms with Gasteiger partial charge in [0.15, 0.2) is 0 Å². The van der Waals surface area contributed by atoms with Gasteiger partial charge in [0.05, 0.1) is 17.8 Å². The number of hydrogen-bond acceptors (Lipinski definition) is 4. The third kappa shape index (κ3) is 2.75. The Morgan fingerprint density at radius 3 is 2.86 bits per heavy atom. The average molecular weight is 333 g/mol. The van der Waals surface area contributed by atoms with Gasteiger partial charge in [-0.25, -0.2) is 5.06 Å². The van der Waals surface area contributed by atoms with E-state index in [1.54, 1.807) is 37.2 Å². The molecule has 0 saturated carbocycles. The Balaban J connectivity index is 2.02. The molecule has 2 aromatic rings. The summed E-state index contributed by atoms with van der Waals surface area (Å²) < 4.78 is 0. The van der Waals surface area contributed by atoms with Crippen molar-refractivity contribution in [2.24, 2.45) is 4.99 Å². The van der Waals surface area contributed by atoms with Gasteiger partial charge >= 0.3 is 0 Å². The number of rotatable bonds is 2. The third-order valence-corrected chi connectivity index (χ3v) is 4.80. The first kappa shape index (κ1) is 15.1. The molecule has 0 N–H and O–H groups in total. The fourth-order valence-electron chi connectivity index (χ4n) is 2.09. The predicted molar refractivity (Wildman–Crippen MR) is 88.4 cm³/mol. The Kier molecular flexibility index (Phi) is 4.20. The lowest BCUT2D eigenvalue weighted by atomic mass is 10.2. The van der Waals surface area contributed by atoms with Crippen molar-refractivity contribution in [3.63, 3.8) is 0 Å². The highest BCUT2D eigenvalue weighted by atomic mass is 35.5. The van der Waals surface area contributed by atoms with Crippen LogP contribution in [0.3, 0.4) is 0 Å². The maximum Gasteiger partial charge on any atom is 0.277 e. The summed E-state index contributed by atoms with van der Waals surface area (Å²) in [5.41, 5.74) is 2.16. The summed E-state index contributed by atoms with van der Waals surface area (Å²) in [5.74, 6) is -0.217. The Hall–Kier alpha value is -1.82. The third-order valence-electron chi connectivity index (χ3n) is 3.33. The normalized spacial score (nSPS) is 12.3. The van der Waals surface area contributed by atoms with E-state index in [9.17, 15) is 4.79 Å². The van der Waals surface area contributed by atoms with Crippen LogP contribution < -0.4 is 0 Å². The number of carbonyl (C=O) groups excluding carboxylic acids is 1. The summed E-state index contributed by atoms with van der Waals surface area (Å²) >= 11 is 7.80. The van der Waals surface area contributed by atoms with Crippen LogP contribution in [0.4, 0.5) is 5.69 Å². The Morgan fingerprint density at radius 1 is 1.27 bits per heavy atom. The Bertz CT molecular complexity index is 777. The van der Waals surface area contributed by atoms with Crippen molar-refractivity contribution in [2.45, 2.75) is 9.79 Å². The van der Waals surface area contributed by atoms with Crippen LogP contribution >= 0.6 is 23.4 Å². The molecule has 4 nitrogen and oxygen atoms in total. The van der Waals surface area contributed by atoms with Crippen molar-refractivity contribution in [1.29, 1.82) is 0 Å². The predicted octanol–water partition coefficient (Wildman–Crippen LogP) is 4.19. The van der Waals surface area contributed by atoms with Crippen LogP contribution in [0.15, 0.2) is 51.2 Å². The highest BCUT2D eigenvalue weighted by Gasteiger charge is 2.17. The van der Waals surface area contributed by atoms with E-state index in [0.29, 0.717) is 10.6 Å². The highest BCUT2D eigenvalue weighted by Crippen LogP contribution is 2.41. The first-order valence-electron chi connectivity index (χ1n) is 6.57. The molecule has 0 bridgehead atoms. The summed E-state index contributed by atoms with van der Waals surface area (Å²) in [6.45, 7) is 0. The van der Waals surface area contributed by atoms with Crippen LogP contribution in [0.1, 0.15) is 15.9 Å². The van der Waals surface area contributed by atoms with E-state index < -0.39 is 0 Å². The molecule has 0 radical (unpaired) electrons.